The van der Waals surface area contributed by atoms with Crippen molar-refractivity contribution in [2.45, 2.75) is 19.3 Å². The Morgan fingerprint density at radius 3 is 2.79 bits per heavy atom. The van der Waals surface area contributed by atoms with Crippen LogP contribution in [0.15, 0.2) is 36.0 Å². The molecule has 1 aliphatic heterocycles. The molecule has 4 heteroatoms. The molecule has 0 fully saturated rings. The summed E-state index contributed by atoms with van der Waals surface area (Å²) in [6, 6.07) is 5.39. The maximum Gasteiger partial charge on any atom is 0.277 e. The molecule has 1 aliphatic carbocycles. The van der Waals surface area contributed by atoms with E-state index in [4.69, 9.17) is 0 Å². The molecule has 0 atom stereocenters. The molecular formula is C15H16N2O2. The van der Waals surface area contributed by atoms with Gasteiger partial charge in [-0.2, -0.15) is 0 Å². The number of fused-ring (bicyclic) bond motifs is 2. The average molecular weight is 256 g/mol. The Kier molecular flexibility index (Phi) is 2.33. The van der Waals surface area contributed by atoms with Gasteiger partial charge in [-0.15, -0.1) is 0 Å². The molecule has 0 spiro atoms. The minimum absolute atomic E-state index is 0.158. The Labute approximate surface area is 112 Å². The fraction of sp³-hybridized carbons (Fsp3) is 0.333. The Hall–Kier alpha value is -2.10. The van der Waals surface area contributed by atoms with E-state index in [-0.39, 0.29) is 16.0 Å². The van der Waals surface area contributed by atoms with Crippen molar-refractivity contribution in [3.63, 3.8) is 0 Å². The molecule has 1 aromatic rings. The third kappa shape index (κ3) is 1.52. The second kappa shape index (κ2) is 3.70. The fourth-order valence-corrected chi connectivity index (χ4v) is 3.16. The first-order valence-corrected chi connectivity index (χ1v) is 6.33. The van der Waals surface area contributed by atoms with Crippen molar-refractivity contribution in [1.29, 1.82) is 0 Å². The standard InChI is InChI=1S/C15H16N2O2/c1-15(2)11-7-8-16(3)9-10(11)14-12(15)5-4-6-13(14)17(18)19/h4-8H,9H2,1-3H3. The van der Waals surface area contributed by atoms with Gasteiger partial charge in [-0.25, -0.2) is 0 Å². The quantitative estimate of drug-likeness (QED) is 0.573. The SMILES string of the molecule is CN1C=CC2=C(C1)c1c([N+](=O)[O-])cccc1C2(C)C. The van der Waals surface area contributed by atoms with Gasteiger partial charge in [0, 0.05) is 25.1 Å². The Balaban J connectivity index is 2.31. The van der Waals surface area contributed by atoms with Crippen LogP contribution in [0.3, 0.4) is 0 Å². The first kappa shape index (κ1) is 12.0. The molecule has 0 bridgehead atoms. The highest BCUT2D eigenvalue weighted by Crippen LogP contribution is 2.50. The van der Waals surface area contributed by atoms with Crippen molar-refractivity contribution in [2.24, 2.45) is 0 Å². The van der Waals surface area contributed by atoms with Gasteiger partial charge in [0.2, 0.25) is 0 Å². The van der Waals surface area contributed by atoms with Crippen LogP contribution in [0, 0.1) is 10.1 Å². The van der Waals surface area contributed by atoms with Crippen molar-refractivity contribution in [3.8, 4) is 0 Å². The number of likely N-dealkylation sites (N-methyl/N-ethyl adjacent to an activating group) is 1. The molecule has 0 unspecified atom stereocenters. The van der Waals surface area contributed by atoms with E-state index < -0.39 is 0 Å². The number of hydrogen-bond donors (Lipinski definition) is 0. The smallest absolute Gasteiger partial charge is 0.277 e. The minimum atomic E-state index is -0.275. The maximum absolute atomic E-state index is 11.3. The maximum atomic E-state index is 11.3. The minimum Gasteiger partial charge on any atom is -0.376 e. The summed E-state index contributed by atoms with van der Waals surface area (Å²) in [5.41, 5.74) is 4.25. The van der Waals surface area contributed by atoms with Gasteiger partial charge in [0.1, 0.15) is 0 Å². The van der Waals surface area contributed by atoms with Crippen LogP contribution in [0.2, 0.25) is 0 Å². The van der Waals surface area contributed by atoms with Gasteiger partial charge in [0.05, 0.1) is 10.5 Å². The summed E-state index contributed by atoms with van der Waals surface area (Å²) < 4.78 is 0. The molecule has 0 aromatic heterocycles. The van der Waals surface area contributed by atoms with Crippen molar-refractivity contribution < 1.29 is 4.92 Å². The highest BCUT2D eigenvalue weighted by Gasteiger charge is 2.41. The molecule has 0 saturated carbocycles. The van der Waals surface area contributed by atoms with Gasteiger partial charge < -0.3 is 4.90 Å². The molecule has 1 aromatic carbocycles. The van der Waals surface area contributed by atoms with Crippen LogP contribution in [0.4, 0.5) is 5.69 Å². The van der Waals surface area contributed by atoms with Crippen molar-refractivity contribution in [3.05, 3.63) is 57.3 Å². The molecule has 0 N–H and O–H groups in total. The zero-order valence-electron chi connectivity index (χ0n) is 11.3. The molecule has 0 amide bonds. The van der Waals surface area contributed by atoms with Crippen molar-refractivity contribution in [1.82, 2.24) is 4.90 Å². The van der Waals surface area contributed by atoms with Crippen molar-refractivity contribution in [2.75, 3.05) is 13.6 Å². The zero-order chi connectivity index (χ0) is 13.8. The molecule has 0 saturated heterocycles. The molecule has 3 rings (SSSR count). The predicted octanol–water partition coefficient (Wildman–Crippen LogP) is 3.10. The molecule has 2 aliphatic rings. The lowest BCUT2D eigenvalue weighted by molar-refractivity contribution is -0.385. The van der Waals surface area contributed by atoms with E-state index in [1.54, 1.807) is 12.1 Å². The summed E-state index contributed by atoms with van der Waals surface area (Å²) in [6.07, 6.45) is 4.13. The van der Waals surface area contributed by atoms with E-state index in [9.17, 15) is 10.1 Å². The van der Waals surface area contributed by atoms with E-state index in [1.807, 2.05) is 19.3 Å². The fourth-order valence-electron chi connectivity index (χ4n) is 3.16. The number of nitro groups is 1. The summed E-state index contributed by atoms with van der Waals surface area (Å²) in [7, 11) is 1.99. The lowest BCUT2D eigenvalue weighted by atomic mass is 9.81. The van der Waals surface area contributed by atoms with Crippen LogP contribution < -0.4 is 0 Å². The van der Waals surface area contributed by atoms with Crippen LogP contribution >= 0.6 is 0 Å². The van der Waals surface area contributed by atoms with Gasteiger partial charge in [-0.3, -0.25) is 10.1 Å². The Morgan fingerprint density at radius 1 is 1.37 bits per heavy atom. The third-order valence-corrected chi connectivity index (χ3v) is 4.12. The zero-order valence-corrected chi connectivity index (χ0v) is 11.3. The second-order valence-corrected chi connectivity index (χ2v) is 5.70. The van der Waals surface area contributed by atoms with E-state index in [2.05, 4.69) is 24.8 Å². The Morgan fingerprint density at radius 2 is 2.11 bits per heavy atom. The van der Waals surface area contributed by atoms with Crippen LogP contribution in [-0.4, -0.2) is 23.4 Å². The van der Waals surface area contributed by atoms with Crippen LogP contribution in [-0.2, 0) is 5.41 Å². The topological polar surface area (TPSA) is 46.4 Å². The molecule has 4 nitrogen and oxygen atoms in total. The molecular weight excluding hydrogens is 240 g/mol. The normalized spacial score (nSPS) is 19.4. The van der Waals surface area contributed by atoms with Crippen molar-refractivity contribution >= 4 is 11.3 Å². The predicted molar refractivity (Wildman–Crippen MR) is 74.8 cm³/mol. The van der Waals surface area contributed by atoms with Crippen LogP contribution in [0.1, 0.15) is 25.0 Å². The average Bonchev–Trinajstić information content (AvgIpc) is 2.58. The largest absolute Gasteiger partial charge is 0.376 e. The van der Waals surface area contributed by atoms with Gasteiger partial charge in [-0.1, -0.05) is 26.0 Å². The molecule has 98 valence electrons. The number of allylic oxidation sites excluding steroid dienone is 2. The second-order valence-electron chi connectivity index (χ2n) is 5.70. The molecule has 1 heterocycles. The molecule has 0 radical (unpaired) electrons. The highest BCUT2D eigenvalue weighted by molar-refractivity contribution is 5.88. The number of nitro benzene ring substituents is 1. The summed E-state index contributed by atoms with van der Waals surface area (Å²) >= 11 is 0. The van der Waals surface area contributed by atoms with E-state index in [0.29, 0.717) is 0 Å². The summed E-state index contributed by atoms with van der Waals surface area (Å²) in [5.74, 6) is 0. The van der Waals surface area contributed by atoms with E-state index in [1.165, 1.54) is 5.57 Å². The van der Waals surface area contributed by atoms with Gasteiger partial charge in [-0.05, 0) is 29.0 Å². The summed E-state index contributed by atoms with van der Waals surface area (Å²) in [4.78, 5) is 13.1. The lowest BCUT2D eigenvalue weighted by Crippen LogP contribution is -2.21. The van der Waals surface area contributed by atoms with Gasteiger partial charge in [0.15, 0.2) is 0 Å². The van der Waals surface area contributed by atoms with E-state index >= 15 is 0 Å². The first-order valence-electron chi connectivity index (χ1n) is 6.33. The number of hydrogen-bond acceptors (Lipinski definition) is 3. The first-order chi connectivity index (χ1) is 8.93. The number of benzene rings is 1. The molecule has 19 heavy (non-hydrogen) atoms. The van der Waals surface area contributed by atoms with Crippen LogP contribution in [0.5, 0.6) is 0 Å². The number of nitrogens with zero attached hydrogens (tertiary/aromatic N) is 2. The monoisotopic (exact) mass is 256 g/mol. The van der Waals surface area contributed by atoms with Gasteiger partial charge in [0.25, 0.3) is 5.69 Å². The summed E-state index contributed by atoms with van der Waals surface area (Å²) in [6.45, 7) is 4.99. The van der Waals surface area contributed by atoms with E-state index in [0.717, 1.165) is 23.2 Å². The highest BCUT2D eigenvalue weighted by atomic mass is 16.6. The lowest BCUT2D eigenvalue weighted by Gasteiger charge is -2.26. The third-order valence-electron chi connectivity index (χ3n) is 4.12. The number of rotatable bonds is 1. The van der Waals surface area contributed by atoms with Crippen LogP contribution in [0.25, 0.3) is 5.57 Å². The summed E-state index contributed by atoms with van der Waals surface area (Å²) in [5, 5.41) is 11.3. The Bertz CT molecular complexity index is 642. The van der Waals surface area contributed by atoms with Gasteiger partial charge >= 0.3 is 0 Å².